The zero-order valence-electron chi connectivity index (χ0n) is 11.5. The Morgan fingerprint density at radius 1 is 1.33 bits per heavy atom. The Bertz CT molecular complexity index is 415. The van der Waals surface area contributed by atoms with Gasteiger partial charge in [-0.15, -0.1) is 0 Å². The zero-order valence-corrected chi connectivity index (χ0v) is 11.5. The zero-order chi connectivity index (χ0) is 12.7. The quantitative estimate of drug-likeness (QED) is 0.894. The molecule has 4 nitrogen and oxygen atoms in total. The van der Waals surface area contributed by atoms with Crippen LogP contribution in [0.2, 0.25) is 0 Å². The summed E-state index contributed by atoms with van der Waals surface area (Å²) >= 11 is 0. The van der Waals surface area contributed by atoms with Gasteiger partial charge in [-0.3, -0.25) is 4.68 Å². The molecule has 1 aromatic heterocycles. The Morgan fingerprint density at radius 2 is 2.00 bits per heavy atom. The maximum absolute atomic E-state index is 5.52. The third kappa shape index (κ3) is 1.92. The van der Waals surface area contributed by atoms with Gasteiger partial charge in [0.1, 0.15) is 0 Å². The van der Waals surface area contributed by atoms with Crippen LogP contribution < -0.4 is 10.1 Å². The van der Waals surface area contributed by atoms with Crippen molar-refractivity contribution in [2.45, 2.75) is 63.6 Å². The molecule has 2 aliphatic heterocycles. The van der Waals surface area contributed by atoms with Crippen molar-refractivity contribution in [1.29, 1.82) is 0 Å². The summed E-state index contributed by atoms with van der Waals surface area (Å²) in [6, 6.07) is 1.80. The van der Waals surface area contributed by atoms with Gasteiger partial charge in [-0.05, 0) is 39.5 Å². The Morgan fingerprint density at radius 3 is 2.56 bits per heavy atom. The van der Waals surface area contributed by atoms with E-state index in [1.54, 1.807) is 7.11 Å². The number of fused-ring (bicyclic) bond motifs is 2. The van der Waals surface area contributed by atoms with Crippen LogP contribution in [0.15, 0.2) is 6.20 Å². The lowest BCUT2D eigenvalue weighted by Gasteiger charge is -2.30. The van der Waals surface area contributed by atoms with Crippen molar-refractivity contribution < 1.29 is 4.74 Å². The molecule has 2 bridgehead atoms. The predicted molar refractivity (Wildman–Crippen MR) is 71.1 cm³/mol. The van der Waals surface area contributed by atoms with Crippen LogP contribution >= 0.6 is 0 Å². The van der Waals surface area contributed by atoms with Crippen molar-refractivity contribution in [2.75, 3.05) is 7.11 Å². The molecule has 2 saturated heterocycles. The van der Waals surface area contributed by atoms with Crippen LogP contribution in [0, 0.1) is 0 Å². The van der Waals surface area contributed by atoms with Crippen LogP contribution in [-0.2, 0) is 0 Å². The first-order valence-corrected chi connectivity index (χ1v) is 7.06. The van der Waals surface area contributed by atoms with E-state index >= 15 is 0 Å². The highest BCUT2D eigenvalue weighted by atomic mass is 16.5. The number of piperidine rings is 1. The Kier molecular flexibility index (Phi) is 3.06. The van der Waals surface area contributed by atoms with Crippen LogP contribution in [0.3, 0.4) is 0 Å². The molecule has 1 aromatic rings. The lowest BCUT2D eigenvalue weighted by molar-refractivity contribution is 0.328. The largest absolute Gasteiger partial charge is 0.493 e. The monoisotopic (exact) mass is 249 g/mol. The van der Waals surface area contributed by atoms with Crippen LogP contribution in [0.25, 0.3) is 0 Å². The lowest BCUT2D eigenvalue weighted by Crippen LogP contribution is -2.37. The summed E-state index contributed by atoms with van der Waals surface area (Å²) in [4.78, 5) is 0. The lowest BCUT2D eigenvalue weighted by atomic mass is 9.89. The number of hydrogen-bond acceptors (Lipinski definition) is 3. The Labute approximate surface area is 109 Å². The number of ether oxygens (including phenoxy) is 1. The van der Waals surface area contributed by atoms with Gasteiger partial charge in [0, 0.05) is 24.0 Å². The number of methoxy groups -OCH3 is 1. The fourth-order valence-corrected chi connectivity index (χ4v) is 3.59. The Hall–Kier alpha value is -1.03. The van der Waals surface area contributed by atoms with Crippen LogP contribution in [-0.4, -0.2) is 29.0 Å². The first kappa shape index (κ1) is 12.0. The molecule has 1 N–H and O–H groups in total. The first-order chi connectivity index (χ1) is 8.69. The summed E-state index contributed by atoms with van der Waals surface area (Å²) in [5.74, 6) is 1.57. The van der Waals surface area contributed by atoms with Crippen LogP contribution in [0.4, 0.5) is 0 Å². The van der Waals surface area contributed by atoms with E-state index in [2.05, 4.69) is 28.9 Å². The van der Waals surface area contributed by atoms with E-state index in [0.717, 1.165) is 5.75 Å². The van der Waals surface area contributed by atoms with E-state index in [9.17, 15) is 0 Å². The topological polar surface area (TPSA) is 39.1 Å². The van der Waals surface area contributed by atoms with E-state index in [1.807, 2.05) is 6.20 Å². The highest BCUT2D eigenvalue weighted by Crippen LogP contribution is 2.41. The molecule has 18 heavy (non-hydrogen) atoms. The molecule has 0 radical (unpaired) electrons. The highest BCUT2D eigenvalue weighted by Gasteiger charge is 2.37. The predicted octanol–water partition coefficient (Wildman–Crippen LogP) is 2.47. The van der Waals surface area contributed by atoms with E-state index < -0.39 is 0 Å². The average molecular weight is 249 g/mol. The summed E-state index contributed by atoms with van der Waals surface area (Å²) in [6.07, 6.45) is 6.99. The molecule has 3 heterocycles. The van der Waals surface area contributed by atoms with Crippen molar-refractivity contribution in [3.63, 3.8) is 0 Å². The maximum atomic E-state index is 5.52. The van der Waals surface area contributed by atoms with Crippen molar-refractivity contribution >= 4 is 0 Å². The van der Waals surface area contributed by atoms with E-state index in [0.29, 0.717) is 24.0 Å². The smallest absolute Gasteiger partial charge is 0.160 e. The second-order valence-electron chi connectivity index (χ2n) is 5.94. The molecule has 2 fully saturated rings. The minimum atomic E-state index is 0.399. The summed E-state index contributed by atoms with van der Waals surface area (Å²) in [5, 5.41) is 8.20. The number of nitrogens with one attached hydrogen (secondary N) is 1. The molecule has 4 heteroatoms. The van der Waals surface area contributed by atoms with Crippen molar-refractivity contribution in [3.8, 4) is 5.75 Å². The average Bonchev–Trinajstić information content (AvgIpc) is 2.92. The highest BCUT2D eigenvalue weighted by molar-refractivity contribution is 5.30. The third-order valence-electron chi connectivity index (χ3n) is 4.37. The molecular weight excluding hydrogens is 226 g/mol. The van der Waals surface area contributed by atoms with Crippen molar-refractivity contribution in [1.82, 2.24) is 15.1 Å². The minimum absolute atomic E-state index is 0.399. The van der Waals surface area contributed by atoms with Gasteiger partial charge in [0.2, 0.25) is 0 Å². The van der Waals surface area contributed by atoms with Crippen LogP contribution in [0.5, 0.6) is 5.75 Å². The minimum Gasteiger partial charge on any atom is -0.493 e. The maximum Gasteiger partial charge on any atom is 0.160 e. The van der Waals surface area contributed by atoms with Gasteiger partial charge in [0.05, 0.1) is 19.0 Å². The van der Waals surface area contributed by atoms with Gasteiger partial charge in [-0.2, -0.15) is 5.10 Å². The van der Waals surface area contributed by atoms with Gasteiger partial charge < -0.3 is 10.1 Å². The van der Waals surface area contributed by atoms with Gasteiger partial charge in [-0.25, -0.2) is 0 Å². The SMILES string of the molecule is COc1cnn(C(C)C)c1C1CC2CCC(C1)N2. The summed E-state index contributed by atoms with van der Waals surface area (Å²) < 4.78 is 7.66. The normalized spacial score (nSPS) is 31.0. The van der Waals surface area contributed by atoms with Crippen molar-refractivity contribution in [2.24, 2.45) is 0 Å². The van der Waals surface area contributed by atoms with Gasteiger partial charge in [0.25, 0.3) is 0 Å². The summed E-state index contributed by atoms with van der Waals surface area (Å²) in [7, 11) is 1.75. The Balaban J connectivity index is 1.92. The summed E-state index contributed by atoms with van der Waals surface area (Å²) in [6.45, 7) is 4.37. The molecule has 3 rings (SSSR count). The van der Waals surface area contributed by atoms with E-state index in [-0.39, 0.29) is 0 Å². The fourth-order valence-electron chi connectivity index (χ4n) is 3.59. The summed E-state index contributed by atoms with van der Waals surface area (Å²) in [5.41, 5.74) is 1.31. The van der Waals surface area contributed by atoms with Crippen molar-refractivity contribution in [3.05, 3.63) is 11.9 Å². The molecule has 0 spiro atoms. The second kappa shape index (κ2) is 4.57. The molecule has 2 atom stereocenters. The number of aromatic nitrogens is 2. The number of hydrogen-bond donors (Lipinski definition) is 1. The molecule has 0 aliphatic carbocycles. The standard InChI is InChI=1S/C14H23N3O/c1-9(2)17-14(13(18-3)8-15-17)10-6-11-4-5-12(7-10)16-11/h8-12,16H,4-7H2,1-3H3. The van der Waals surface area contributed by atoms with Gasteiger partial charge >= 0.3 is 0 Å². The fraction of sp³-hybridized carbons (Fsp3) is 0.786. The molecule has 100 valence electrons. The number of nitrogens with zero attached hydrogens (tertiary/aromatic N) is 2. The molecule has 0 saturated carbocycles. The molecule has 2 unspecified atom stereocenters. The molecule has 2 aliphatic rings. The van der Waals surface area contributed by atoms with Gasteiger partial charge in [0.15, 0.2) is 5.75 Å². The number of rotatable bonds is 3. The van der Waals surface area contributed by atoms with E-state index in [1.165, 1.54) is 31.4 Å². The molecule has 0 aromatic carbocycles. The third-order valence-corrected chi connectivity index (χ3v) is 4.37. The van der Waals surface area contributed by atoms with Crippen LogP contribution in [0.1, 0.15) is 57.2 Å². The van der Waals surface area contributed by atoms with E-state index in [4.69, 9.17) is 4.74 Å². The molecular formula is C14H23N3O. The molecule has 0 amide bonds. The van der Waals surface area contributed by atoms with Gasteiger partial charge in [-0.1, -0.05) is 0 Å². The second-order valence-corrected chi connectivity index (χ2v) is 5.94. The first-order valence-electron chi connectivity index (χ1n) is 7.06.